The van der Waals surface area contributed by atoms with E-state index >= 15 is 0 Å². The molecule has 1 rings (SSSR count). The Kier molecular flexibility index (Phi) is 5.40. The summed E-state index contributed by atoms with van der Waals surface area (Å²) in [7, 11) is 0. The average Bonchev–Trinajstić information content (AvgIpc) is 2.24. The van der Waals surface area contributed by atoms with E-state index in [1.54, 1.807) is 0 Å². The highest BCUT2D eigenvalue weighted by Gasteiger charge is 2.32. The highest BCUT2D eigenvalue weighted by molar-refractivity contribution is 5.66. The molecule has 0 atom stereocenters. The third-order valence-corrected chi connectivity index (χ3v) is 3.62. The predicted molar refractivity (Wildman–Crippen MR) is 67.0 cm³/mol. The Labute approximate surface area is 104 Å². The molecule has 0 spiro atoms. The Morgan fingerprint density at radius 2 is 1.88 bits per heavy atom. The summed E-state index contributed by atoms with van der Waals surface area (Å²) in [5.74, 6) is -0.772. The molecule has 0 aromatic rings. The van der Waals surface area contributed by atoms with Crippen LogP contribution in [0.4, 0.5) is 0 Å². The summed E-state index contributed by atoms with van der Waals surface area (Å²) < 4.78 is 0. The van der Waals surface area contributed by atoms with Crippen LogP contribution in [-0.2, 0) is 4.79 Å². The number of aliphatic carboxylic acids is 1. The Morgan fingerprint density at radius 3 is 2.35 bits per heavy atom. The van der Waals surface area contributed by atoms with Crippen molar-refractivity contribution in [1.29, 1.82) is 0 Å². The first-order valence-electron chi connectivity index (χ1n) is 6.61. The van der Waals surface area contributed by atoms with Gasteiger partial charge in [-0.3, -0.25) is 9.69 Å². The lowest BCUT2D eigenvalue weighted by Gasteiger charge is -2.38. The normalized spacial score (nSPS) is 19.8. The van der Waals surface area contributed by atoms with E-state index in [4.69, 9.17) is 5.11 Å². The van der Waals surface area contributed by atoms with Gasteiger partial charge in [0.15, 0.2) is 0 Å². The molecule has 1 aliphatic carbocycles. The number of nitrogens with zero attached hydrogens (tertiary/aromatic N) is 1. The van der Waals surface area contributed by atoms with Crippen LogP contribution < -0.4 is 0 Å². The number of rotatable bonds is 6. The molecule has 100 valence electrons. The zero-order valence-corrected chi connectivity index (χ0v) is 11.0. The number of hydrogen-bond donors (Lipinski definition) is 2. The van der Waals surface area contributed by atoms with E-state index in [0.29, 0.717) is 13.1 Å². The third-order valence-electron chi connectivity index (χ3n) is 3.62. The van der Waals surface area contributed by atoms with Crippen molar-refractivity contribution in [2.75, 3.05) is 13.1 Å². The Balaban J connectivity index is 2.49. The van der Waals surface area contributed by atoms with Gasteiger partial charge in [-0.1, -0.05) is 19.3 Å². The molecule has 0 heterocycles. The highest BCUT2D eigenvalue weighted by atomic mass is 16.4. The van der Waals surface area contributed by atoms with Gasteiger partial charge in [-0.05, 0) is 26.7 Å². The standard InChI is InChI=1S/C13H25NO3/c1-11(2)14(9-6-12(15)16)10-13(17)7-4-3-5-8-13/h11,17H,3-10H2,1-2H3,(H,15,16). The number of carboxylic acid groups (broad SMARTS) is 1. The minimum Gasteiger partial charge on any atom is -0.481 e. The van der Waals surface area contributed by atoms with Gasteiger partial charge in [-0.15, -0.1) is 0 Å². The van der Waals surface area contributed by atoms with Gasteiger partial charge in [0.1, 0.15) is 0 Å². The summed E-state index contributed by atoms with van der Waals surface area (Å²) in [5.41, 5.74) is -0.596. The summed E-state index contributed by atoms with van der Waals surface area (Å²) in [4.78, 5) is 12.7. The van der Waals surface area contributed by atoms with Gasteiger partial charge in [0.2, 0.25) is 0 Å². The van der Waals surface area contributed by atoms with Gasteiger partial charge >= 0.3 is 5.97 Å². The average molecular weight is 243 g/mol. The fourth-order valence-electron chi connectivity index (χ4n) is 2.51. The number of carboxylic acids is 1. The monoisotopic (exact) mass is 243 g/mol. The lowest BCUT2D eigenvalue weighted by molar-refractivity contribution is -0.137. The smallest absolute Gasteiger partial charge is 0.304 e. The van der Waals surface area contributed by atoms with E-state index < -0.39 is 11.6 Å². The zero-order valence-electron chi connectivity index (χ0n) is 11.0. The molecule has 0 aromatic heterocycles. The first-order valence-corrected chi connectivity index (χ1v) is 6.61. The molecule has 4 nitrogen and oxygen atoms in total. The molecule has 1 fully saturated rings. The molecule has 17 heavy (non-hydrogen) atoms. The van der Waals surface area contributed by atoms with Gasteiger partial charge in [0.05, 0.1) is 12.0 Å². The zero-order chi connectivity index (χ0) is 12.9. The van der Waals surface area contributed by atoms with Crippen LogP contribution in [0.15, 0.2) is 0 Å². The van der Waals surface area contributed by atoms with Crippen molar-refractivity contribution in [3.05, 3.63) is 0 Å². The summed E-state index contributed by atoms with van der Waals surface area (Å²) in [6, 6.07) is 0.278. The van der Waals surface area contributed by atoms with Crippen LogP contribution in [0.3, 0.4) is 0 Å². The van der Waals surface area contributed by atoms with Crippen LogP contribution in [0, 0.1) is 0 Å². The van der Waals surface area contributed by atoms with E-state index in [-0.39, 0.29) is 12.5 Å². The van der Waals surface area contributed by atoms with Crippen molar-refractivity contribution in [1.82, 2.24) is 4.90 Å². The molecule has 2 N–H and O–H groups in total. The molecular formula is C13H25NO3. The van der Waals surface area contributed by atoms with E-state index in [9.17, 15) is 9.90 Å². The molecule has 1 saturated carbocycles. The molecule has 1 aliphatic rings. The summed E-state index contributed by atoms with van der Waals surface area (Å²) in [5, 5.41) is 19.2. The Hall–Kier alpha value is -0.610. The van der Waals surface area contributed by atoms with E-state index in [2.05, 4.69) is 4.90 Å². The maximum atomic E-state index is 10.6. The topological polar surface area (TPSA) is 60.8 Å². The van der Waals surface area contributed by atoms with Gasteiger partial charge < -0.3 is 10.2 Å². The lowest BCUT2D eigenvalue weighted by atomic mass is 9.84. The summed E-state index contributed by atoms with van der Waals surface area (Å²) in [6.45, 7) is 5.23. The molecule has 0 radical (unpaired) electrons. The second kappa shape index (κ2) is 6.36. The highest BCUT2D eigenvalue weighted by Crippen LogP contribution is 2.29. The van der Waals surface area contributed by atoms with Gasteiger partial charge in [-0.25, -0.2) is 0 Å². The minimum atomic E-state index is -0.772. The molecule has 0 bridgehead atoms. The van der Waals surface area contributed by atoms with Crippen molar-refractivity contribution < 1.29 is 15.0 Å². The quantitative estimate of drug-likeness (QED) is 0.747. The fourth-order valence-corrected chi connectivity index (χ4v) is 2.51. The predicted octanol–water partition coefficient (Wildman–Crippen LogP) is 1.87. The largest absolute Gasteiger partial charge is 0.481 e. The second-order valence-electron chi connectivity index (χ2n) is 5.49. The SMILES string of the molecule is CC(C)N(CCC(=O)O)CC1(O)CCCCC1. The van der Waals surface area contributed by atoms with Crippen molar-refractivity contribution in [3.63, 3.8) is 0 Å². The van der Waals surface area contributed by atoms with Gasteiger partial charge in [-0.2, -0.15) is 0 Å². The summed E-state index contributed by atoms with van der Waals surface area (Å²) in [6.07, 6.45) is 5.22. The summed E-state index contributed by atoms with van der Waals surface area (Å²) >= 11 is 0. The van der Waals surface area contributed by atoms with Crippen molar-refractivity contribution in [2.45, 2.75) is 64.0 Å². The van der Waals surface area contributed by atoms with Crippen molar-refractivity contribution >= 4 is 5.97 Å². The van der Waals surface area contributed by atoms with Crippen LogP contribution in [0.1, 0.15) is 52.4 Å². The molecule has 0 aliphatic heterocycles. The number of carbonyl (C=O) groups is 1. The van der Waals surface area contributed by atoms with E-state index in [1.165, 1.54) is 6.42 Å². The molecule has 0 aromatic carbocycles. The van der Waals surface area contributed by atoms with E-state index in [0.717, 1.165) is 25.7 Å². The molecule has 0 unspecified atom stereocenters. The van der Waals surface area contributed by atoms with Crippen LogP contribution in [0.2, 0.25) is 0 Å². The Bertz CT molecular complexity index is 247. The number of aliphatic hydroxyl groups is 1. The first-order chi connectivity index (χ1) is 7.93. The molecule has 0 saturated heterocycles. The first kappa shape index (κ1) is 14.5. The van der Waals surface area contributed by atoms with Crippen molar-refractivity contribution in [3.8, 4) is 0 Å². The minimum absolute atomic E-state index is 0.147. The van der Waals surface area contributed by atoms with Gasteiger partial charge in [0, 0.05) is 19.1 Å². The number of hydrogen-bond acceptors (Lipinski definition) is 3. The van der Waals surface area contributed by atoms with Crippen molar-refractivity contribution in [2.24, 2.45) is 0 Å². The van der Waals surface area contributed by atoms with E-state index in [1.807, 2.05) is 13.8 Å². The van der Waals surface area contributed by atoms with Crippen LogP contribution in [0.5, 0.6) is 0 Å². The van der Waals surface area contributed by atoms with Gasteiger partial charge in [0.25, 0.3) is 0 Å². The van der Waals surface area contributed by atoms with Crippen LogP contribution in [-0.4, -0.2) is 45.8 Å². The molecule has 0 amide bonds. The second-order valence-corrected chi connectivity index (χ2v) is 5.49. The fraction of sp³-hybridized carbons (Fsp3) is 0.923. The third kappa shape index (κ3) is 5.04. The molecular weight excluding hydrogens is 218 g/mol. The lowest BCUT2D eigenvalue weighted by Crippen LogP contribution is -2.47. The molecule has 4 heteroatoms. The Morgan fingerprint density at radius 1 is 1.29 bits per heavy atom. The van der Waals surface area contributed by atoms with Crippen LogP contribution in [0.25, 0.3) is 0 Å². The van der Waals surface area contributed by atoms with Crippen LogP contribution >= 0.6 is 0 Å². The maximum Gasteiger partial charge on any atom is 0.304 e. The maximum absolute atomic E-state index is 10.6.